The Bertz CT molecular complexity index is 591. The van der Waals surface area contributed by atoms with E-state index in [2.05, 4.69) is 26.8 Å². The highest BCUT2D eigenvalue weighted by molar-refractivity contribution is 5.26. The van der Waals surface area contributed by atoms with Gasteiger partial charge in [-0.05, 0) is 92.8 Å². The van der Waals surface area contributed by atoms with Crippen molar-refractivity contribution >= 4 is 0 Å². The fraction of sp³-hybridized carbons (Fsp3) is 0.826. The van der Waals surface area contributed by atoms with Crippen LogP contribution in [0.3, 0.4) is 0 Å². The highest BCUT2D eigenvalue weighted by atomic mass is 16.3. The van der Waals surface area contributed by atoms with E-state index in [0.29, 0.717) is 16.7 Å². The molecule has 7 atom stereocenters. The van der Waals surface area contributed by atoms with Gasteiger partial charge in [0.1, 0.15) is 0 Å². The highest BCUT2D eigenvalue weighted by Crippen LogP contribution is 2.67. The molecule has 0 aromatic heterocycles. The van der Waals surface area contributed by atoms with Gasteiger partial charge < -0.3 is 10.2 Å². The summed E-state index contributed by atoms with van der Waals surface area (Å²) in [6.45, 7) is 7.48. The van der Waals surface area contributed by atoms with Crippen molar-refractivity contribution in [2.45, 2.75) is 78.2 Å². The summed E-state index contributed by atoms with van der Waals surface area (Å²) in [5, 5.41) is 19.5. The van der Waals surface area contributed by atoms with E-state index in [4.69, 9.17) is 0 Å². The lowest BCUT2D eigenvalue weighted by Crippen LogP contribution is -2.50. The van der Waals surface area contributed by atoms with Gasteiger partial charge in [-0.25, -0.2) is 0 Å². The number of allylic oxidation sites excluding steroid dienone is 2. The molecule has 0 saturated heterocycles. The molecule has 0 radical (unpaired) electrons. The zero-order valence-electron chi connectivity index (χ0n) is 16.3. The number of aliphatic hydroxyl groups excluding tert-OH is 2. The minimum absolute atomic E-state index is 0.105. The van der Waals surface area contributed by atoms with Crippen LogP contribution in [0.1, 0.15) is 72.1 Å². The zero-order chi connectivity index (χ0) is 17.8. The van der Waals surface area contributed by atoms with Crippen LogP contribution in [0.5, 0.6) is 0 Å². The molecule has 2 heteroatoms. The third kappa shape index (κ3) is 2.58. The maximum Gasteiger partial charge on any atom is 0.0615 e. The van der Waals surface area contributed by atoms with Gasteiger partial charge >= 0.3 is 0 Å². The molecule has 0 aromatic carbocycles. The highest BCUT2D eigenvalue weighted by Gasteiger charge is 2.58. The summed E-state index contributed by atoms with van der Waals surface area (Å²) in [7, 11) is 0. The molecule has 0 bridgehead atoms. The number of fused-ring (bicyclic) bond motifs is 5. The summed E-state index contributed by atoms with van der Waals surface area (Å²) >= 11 is 0. The Morgan fingerprint density at radius 1 is 1.16 bits per heavy atom. The van der Waals surface area contributed by atoms with Crippen molar-refractivity contribution in [1.29, 1.82) is 0 Å². The summed E-state index contributed by atoms with van der Waals surface area (Å²) < 4.78 is 0. The number of aliphatic hydroxyl groups is 2. The van der Waals surface area contributed by atoms with Crippen LogP contribution in [0.2, 0.25) is 0 Å². The molecule has 0 heterocycles. The molecule has 25 heavy (non-hydrogen) atoms. The third-order valence-electron chi connectivity index (χ3n) is 9.04. The van der Waals surface area contributed by atoms with Gasteiger partial charge in [-0.3, -0.25) is 0 Å². The summed E-state index contributed by atoms with van der Waals surface area (Å²) in [6.07, 6.45) is 14.1. The molecule has 2 nitrogen and oxygen atoms in total. The quantitative estimate of drug-likeness (QED) is 0.702. The maximum atomic E-state index is 10.1. The van der Waals surface area contributed by atoms with Crippen molar-refractivity contribution < 1.29 is 10.2 Å². The summed E-state index contributed by atoms with van der Waals surface area (Å²) in [6, 6.07) is 0. The van der Waals surface area contributed by atoms with Gasteiger partial charge in [0.25, 0.3) is 0 Å². The van der Waals surface area contributed by atoms with E-state index in [-0.39, 0.29) is 12.7 Å². The molecule has 4 aliphatic rings. The molecule has 140 valence electrons. The maximum absolute atomic E-state index is 10.1. The Morgan fingerprint density at radius 2 is 1.96 bits per heavy atom. The van der Waals surface area contributed by atoms with Crippen molar-refractivity contribution in [3.8, 4) is 0 Å². The first-order valence-corrected chi connectivity index (χ1v) is 10.5. The molecule has 4 aliphatic carbocycles. The van der Waals surface area contributed by atoms with Gasteiger partial charge in [0.15, 0.2) is 0 Å². The van der Waals surface area contributed by atoms with Gasteiger partial charge in [-0.15, -0.1) is 0 Å². The summed E-state index contributed by atoms with van der Waals surface area (Å²) in [5.41, 5.74) is 3.76. The Labute approximate surface area is 153 Å². The second-order valence-electron chi connectivity index (χ2n) is 9.96. The Morgan fingerprint density at radius 3 is 2.72 bits per heavy atom. The fourth-order valence-electron chi connectivity index (χ4n) is 7.68. The average molecular weight is 345 g/mol. The molecule has 0 spiro atoms. The van der Waals surface area contributed by atoms with Crippen LogP contribution in [0.25, 0.3) is 0 Å². The molecule has 4 rings (SSSR count). The average Bonchev–Trinajstić information content (AvgIpc) is 2.93. The zero-order valence-corrected chi connectivity index (χ0v) is 16.3. The molecule has 0 amide bonds. The molecule has 3 fully saturated rings. The van der Waals surface area contributed by atoms with E-state index in [1.54, 1.807) is 5.57 Å². The van der Waals surface area contributed by atoms with Crippen LogP contribution in [-0.4, -0.2) is 22.9 Å². The van der Waals surface area contributed by atoms with Gasteiger partial charge in [0, 0.05) is 0 Å². The van der Waals surface area contributed by atoms with Crippen LogP contribution in [0, 0.1) is 34.5 Å². The van der Waals surface area contributed by atoms with Gasteiger partial charge in [-0.1, -0.05) is 37.1 Å². The van der Waals surface area contributed by atoms with E-state index in [1.165, 1.54) is 44.1 Å². The second-order valence-corrected chi connectivity index (χ2v) is 9.96. The van der Waals surface area contributed by atoms with Crippen LogP contribution < -0.4 is 0 Å². The van der Waals surface area contributed by atoms with Crippen molar-refractivity contribution in [1.82, 2.24) is 0 Å². The van der Waals surface area contributed by atoms with Gasteiger partial charge in [-0.2, -0.15) is 0 Å². The predicted molar refractivity (Wildman–Crippen MR) is 102 cm³/mol. The molecule has 0 aliphatic heterocycles. The van der Waals surface area contributed by atoms with Crippen molar-refractivity contribution in [3.63, 3.8) is 0 Å². The first-order chi connectivity index (χ1) is 11.9. The first kappa shape index (κ1) is 17.8. The minimum atomic E-state index is -0.105. The van der Waals surface area contributed by atoms with Gasteiger partial charge in [0.05, 0.1) is 12.7 Å². The molecular formula is C23H36O2. The van der Waals surface area contributed by atoms with Crippen LogP contribution in [0.15, 0.2) is 23.3 Å². The molecule has 0 unspecified atom stereocenters. The number of hydrogen-bond acceptors (Lipinski definition) is 2. The van der Waals surface area contributed by atoms with E-state index < -0.39 is 0 Å². The lowest BCUT2D eigenvalue weighted by atomic mass is 9.47. The van der Waals surface area contributed by atoms with E-state index in [0.717, 1.165) is 30.6 Å². The lowest BCUT2D eigenvalue weighted by molar-refractivity contribution is -0.0454. The van der Waals surface area contributed by atoms with Gasteiger partial charge in [0.2, 0.25) is 0 Å². The topological polar surface area (TPSA) is 40.5 Å². The number of rotatable bonds is 2. The van der Waals surface area contributed by atoms with Crippen LogP contribution >= 0.6 is 0 Å². The third-order valence-corrected chi connectivity index (χ3v) is 9.04. The SMILES string of the molecule is C/C(=C\CO)[C@H]1CC[C@H]2[C@@H]3CC=C4C[C@@H](O)CC[C@]4(C)[C@H]3CC[C@]12C. The van der Waals surface area contributed by atoms with E-state index in [9.17, 15) is 10.2 Å². The summed E-state index contributed by atoms with van der Waals surface area (Å²) in [5.74, 6) is 3.14. The molecule has 0 aromatic rings. The molecule has 2 N–H and O–H groups in total. The minimum Gasteiger partial charge on any atom is -0.393 e. The standard InChI is InChI=1S/C23H36O2/c1-15(10-13-24)19-6-7-20-18-5-4-16-14-17(25)8-11-22(16,2)21(18)9-12-23(19,20)3/h4,10,17-21,24-25H,5-9,11-14H2,1-3H3/b15-10+/t17-,18-,19+,20-,21-,22-,23+/m0/s1. The summed E-state index contributed by atoms with van der Waals surface area (Å²) in [4.78, 5) is 0. The fourth-order valence-corrected chi connectivity index (χ4v) is 7.68. The smallest absolute Gasteiger partial charge is 0.0615 e. The molecule has 3 saturated carbocycles. The van der Waals surface area contributed by atoms with E-state index >= 15 is 0 Å². The second kappa shape index (κ2) is 6.23. The largest absolute Gasteiger partial charge is 0.393 e. The monoisotopic (exact) mass is 344 g/mol. The van der Waals surface area contributed by atoms with E-state index in [1.807, 2.05) is 6.08 Å². The van der Waals surface area contributed by atoms with Crippen molar-refractivity contribution in [2.75, 3.05) is 6.61 Å². The van der Waals surface area contributed by atoms with Crippen molar-refractivity contribution in [3.05, 3.63) is 23.3 Å². The normalized spacial score (nSPS) is 49.9. The Kier molecular flexibility index (Phi) is 4.44. The lowest BCUT2D eigenvalue weighted by Gasteiger charge is -2.58. The molecular weight excluding hydrogens is 308 g/mol. The van der Waals surface area contributed by atoms with Crippen LogP contribution in [-0.2, 0) is 0 Å². The van der Waals surface area contributed by atoms with Crippen molar-refractivity contribution in [2.24, 2.45) is 34.5 Å². The Balaban J connectivity index is 1.63. The Hall–Kier alpha value is -0.600. The van der Waals surface area contributed by atoms with Crippen LogP contribution in [0.4, 0.5) is 0 Å². The predicted octanol–water partition coefficient (Wildman–Crippen LogP) is 4.86. The number of hydrogen-bond donors (Lipinski definition) is 2. The first-order valence-electron chi connectivity index (χ1n) is 10.5.